The van der Waals surface area contributed by atoms with Gasteiger partial charge < -0.3 is 5.11 Å². The minimum Gasteiger partial charge on any atom is -0.507 e. The second kappa shape index (κ2) is 8.75. The number of nitrogens with zero attached hydrogens (tertiary/aromatic N) is 2. The number of hydrogen-bond donors (Lipinski definition) is 2. The highest BCUT2D eigenvalue weighted by Crippen LogP contribution is 2.29. The highest BCUT2D eigenvalue weighted by molar-refractivity contribution is 7.14. The van der Waals surface area contributed by atoms with Gasteiger partial charge in [0.2, 0.25) is 0 Å². The van der Waals surface area contributed by atoms with Crippen LogP contribution in [-0.2, 0) is 10.2 Å². The number of amides is 1. The molecule has 158 valence electrons. The topological polar surface area (TPSA) is 86.0 Å². The number of nitriles is 1. The molecule has 5 nitrogen and oxygen atoms in total. The van der Waals surface area contributed by atoms with Crippen LogP contribution >= 0.6 is 11.3 Å². The summed E-state index contributed by atoms with van der Waals surface area (Å²) in [5.41, 5.74) is 5.08. The third-order valence-electron chi connectivity index (χ3n) is 4.96. The summed E-state index contributed by atoms with van der Waals surface area (Å²) < 4.78 is 0. The van der Waals surface area contributed by atoms with Crippen LogP contribution < -0.4 is 5.32 Å². The number of phenols is 1. The number of carbonyl (C=O) groups excluding carboxylic acids is 1. The summed E-state index contributed by atoms with van der Waals surface area (Å²) in [6, 6.07) is 13.6. The molecule has 0 spiro atoms. The number of nitrogens with one attached hydrogen (secondary N) is 1. The highest BCUT2D eigenvalue weighted by atomic mass is 32.1. The summed E-state index contributed by atoms with van der Waals surface area (Å²) in [6.45, 7) is 10.0. The quantitative estimate of drug-likeness (QED) is 0.393. The van der Waals surface area contributed by atoms with Crippen molar-refractivity contribution in [2.75, 3.05) is 5.32 Å². The van der Waals surface area contributed by atoms with E-state index in [-0.39, 0.29) is 16.7 Å². The maximum atomic E-state index is 12.6. The van der Waals surface area contributed by atoms with Crippen LogP contribution in [0.2, 0.25) is 0 Å². The van der Waals surface area contributed by atoms with E-state index >= 15 is 0 Å². The standard InChI is InChI=1S/C25H25N3O2S/c1-15-10-17(11-16(2)22(15)29)12-19(13-26)23(30)28-24-27-21(14-31-24)18-6-8-20(9-7-18)25(3,4)5/h6-12,14,29H,1-5H3,(H,27,28,30)/b19-12+. The van der Waals surface area contributed by atoms with Gasteiger partial charge in [-0.05, 0) is 59.7 Å². The summed E-state index contributed by atoms with van der Waals surface area (Å²) in [4.78, 5) is 17.1. The molecular formula is C25H25N3O2S. The molecule has 2 N–H and O–H groups in total. The Kier molecular flexibility index (Phi) is 6.28. The van der Waals surface area contributed by atoms with Gasteiger partial charge in [0.25, 0.3) is 5.91 Å². The van der Waals surface area contributed by atoms with E-state index in [4.69, 9.17) is 0 Å². The smallest absolute Gasteiger partial charge is 0.268 e. The molecule has 0 saturated carbocycles. The van der Waals surface area contributed by atoms with E-state index < -0.39 is 5.91 Å². The average Bonchev–Trinajstić information content (AvgIpc) is 3.18. The van der Waals surface area contributed by atoms with Crippen LogP contribution in [0.15, 0.2) is 47.4 Å². The van der Waals surface area contributed by atoms with Gasteiger partial charge in [0.1, 0.15) is 17.4 Å². The summed E-state index contributed by atoms with van der Waals surface area (Å²) in [6.07, 6.45) is 1.51. The zero-order valence-electron chi connectivity index (χ0n) is 18.3. The maximum Gasteiger partial charge on any atom is 0.268 e. The van der Waals surface area contributed by atoms with Crippen LogP contribution in [0, 0.1) is 25.2 Å². The van der Waals surface area contributed by atoms with E-state index in [1.807, 2.05) is 23.6 Å². The number of aromatic nitrogens is 1. The molecule has 0 unspecified atom stereocenters. The Labute approximate surface area is 186 Å². The van der Waals surface area contributed by atoms with E-state index in [1.165, 1.54) is 23.0 Å². The molecule has 1 aromatic heterocycles. The number of carbonyl (C=O) groups is 1. The molecular weight excluding hydrogens is 406 g/mol. The maximum absolute atomic E-state index is 12.6. The van der Waals surface area contributed by atoms with Crippen LogP contribution in [0.25, 0.3) is 17.3 Å². The van der Waals surface area contributed by atoms with Crippen LogP contribution in [0.4, 0.5) is 5.13 Å². The number of benzene rings is 2. The average molecular weight is 432 g/mol. The Morgan fingerprint density at radius 2 is 1.77 bits per heavy atom. The van der Waals surface area contributed by atoms with E-state index in [0.717, 1.165) is 11.3 Å². The van der Waals surface area contributed by atoms with Crippen molar-refractivity contribution in [1.82, 2.24) is 4.98 Å². The predicted octanol–water partition coefficient (Wildman–Crippen LogP) is 5.98. The van der Waals surface area contributed by atoms with Gasteiger partial charge in [-0.2, -0.15) is 5.26 Å². The third-order valence-corrected chi connectivity index (χ3v) is 5.72. The first kappa shape index (κ1) is 22.3. The molecule has 0 fully saturated rings. The molecule has 0 radical (unpaired) electrons. The lowest BCUT2D eigenvalue weighted by atomic mass is 9.86. The number of aryl methyl sites for hydroxylation is 2. The Bertz CT molecular complexity index is 1170. The van der Waals surface area contributed by atoms with Gasteiger partial charge in [0, 0.05) is 10.9 Å². The number of hydrogen-bond acceptors (Lipinski definition) is 5. The van der Waals surface area contributed by atoms with Crippen molar-refractivity contribution < 1.29 is 9.90 Å². The molecule has 0 aliphatic heterocycles. The number of rotatable bonds is 4. The van der Waals surface area contributed by atoms with Gasteiger partial charge in [0.05, 0.1) is 5.69 Å². The minimum atomic E-state index is -0.519. The van der Waals surface area contributed by atoms with E-state index in [2.05, 4.69) is 43.2 Å². The Morgan fingerprint density at radius 1 is 1.16 bits per heavy atom. The lowest BCUT2D eigenvalue weighted by Gasteiger charge is -2.18. The molecule has 0 aliphatic carbocycles. The first-order valence-electron chi connectivity index (χ1n) is 9.88. The van der Waals surface area contributed by atoms with Gasteiger partial charge in [-0.15, -0.1) is 11.3 Å². The summed E-state index contributed by atoms with van der Waals surface area (Å²) in [5.74, 6) is -0.305. The SMILES string of the molecule is Cc1cc(/C=C(\C#N)C(=O)Nc2nc(-c3ccc(C(C)(C)C)cc3)cs2)cc(C)c1O. The van der Waals surface area contributed by atoms with Crippen molar-refractivity contribution in [2.45, 2.75) is 40.0 Å². The predicted molar refractivity (Wildman–Crippen MR) is 126 cm³/mol. The van der Waals surface area contributed by atoms with Crippen molar-refractivity contribution in [1.29, 1.82) is 5.26 Å². The van der Waals surface area contributed by atoms with Gasteiger partial charge in [-0.25, -0.2) is 4.98 Å². The Balaban J connectivity index is 1.78. The molecule has 3 aromatic rings. The number of aromatic hydroxyl groups is 1. The van der Waals surface area contributed by atoms with Crippen LogP contribution in [0.3, 0.4) is 0 Å². The summed E-state index contributed by atoms with van der Waals surface area (Å²) in [5, 5.41) is 24.4. The second-order valence-corrected chi connectivity index (χ2v) is 9.35. The molecule has 1 heterocycles. The zero-order chi connectivity index (χ0) is 22.8. The molecule has 2 aromatic carbocycles. The van der Waals surface area contributed by atoms with Crippen molar-refractivity contribution in [3.8, 4) is 23.1 Å². The van der Waals surface area contributed by atoms with Crippen molar-refractivity contribution in [3.63, 3.8) is 0 Å². The Hall–Kier alpha value is -3.43. The van der Waals surface area contributed by atoms with Crippen molar-refractivity contribution in [2.24, 2.45) is 0 Å². The molecule has 3 rings (SSSR count). The van der Waals surface area contributed by atoms with E-state index in [0.29, 0.717) is 21.8 Å². The van der Waals surface area contributed by atoms with Gasteiger partial charge in [-0.1, -0.05) is 45.0 Å². The van der Waals surface area contributed by atoms with E-state index in [9.17, 15) is 15.2 Å². The first-order valence-corrected chi connectivity index (χ1v) is 10.8. The van der Waals surface area contributed by atoms with Crippen molar-refractivity contribution in [3.05, 3.63) is 69.6 Å². The zero-order valence-corrected chi connectivity index (χ0v) is 19.1. The molecule has 0 saturated heterocycles. The largest absolute Gasteiger partial charge is 0.507 e. The molecule has 0 bridgehead atoms. The van der Waals surface area contributed by atoms with Crippen molar-refractivity contribution >= 4 is 28.5 Å². The number of anilines is 1. The number of phenolic OH excluding ortho intramolecular Hbond substituents is 1. The fourth-order valence-electron chi connectivity index (χ4n) is 3.16. The second-order valence-electron chi connectivity index (χ2n) is 8.49. The van der Waals surface area contributed by atoms with Crippen LogP contribution in [0.1, 0.15) is 43.0 Å². The lowest BCUT2D eigenvalue weighted by molar-refractivity contribution is -0.112. The molecule has 0 atom stereocenters. The summed E-state index contributed by atoms with van der Waals surface area (Å²) in [7, 11) is 0. The number of thiazole rings is 1. The fourth-order valence-corrected chi connectivity index (χ4v) is 3.87. The van der Waals surface area contributed by atoms with Crippen LogP contribution in [0.5, 0.6) is 5.75 Å². The van der Waals surface area contributed by atoms with Gasteiger partial charge >= 0.3 is 0 Å². The fraction of sp³-hybridized carbons (Fsp3) is 0.240. The molecule has 0 aliphatic rings. The molecule has 6 heteroatoms. The van der Waals surface area contributed by atoms with E-state index in [1.54, 1.807) is 26.0 Å². The van der Waals surface area contributed by atoms with Gasteiger partial charge in [-0.3, -0.25) is 10.1 Å². The third kappa shape index (κ3) is 5.19. The highest BCUT2D eigenvalue weighted by Gasteiger charge is 2.15. The normalized spacial score (nSPS) is 11.8. The minimum absolute atomic E-state index is 0.0317. The van der Waals surface area contributed by atoms with Gasteiger partial charge in [0.15, 0.2) is 5.13 Å². The lowest BCUT2D eigenvalue weighted by Crippen LogP contribution is -2.13. The Morgan fingerprint density at radius 3 is 2.32 bits per heavy atom. The molecule has 31 heavy (non-hydrogen) atoms. The first-order chi connectivity index (χ1) is 14.6. The summed E-state index contributed by atoms with van der Waals surface area (Å²) >= 11 is 1.31. The molecule has 1 amide bonds. The monoisotopic (exact) mass is 431 g/mol. The van der Waals surface area contributed by atoms with Crippen LogP contribution in [-0.4, -0.2) is 16.0 Å².